The molecule has 10 heteroatoms. The van der Waals surface area contributed by atoms with E-state index in [0.717, 1.165) is 7.11 Å². The number of phosphoric acid groups is 1. The fraction of sp³-hybridized carbons (Fsp3) is 1.00. The van der Waals surface area contributed by atoms with Crippen molar-refractivity contribution >= 4 is 15.4 Å². The van der Waals surface area contributed by atoms with Crippen LogP contribution < -0.4 is 5.73 Å². The summed E-state index contributed by atoms with van der Waals surface area (Å²) < 4.78 is 33.7. The zero-order chi connectivity index (χ0) is 10.5. The molecule has 0 saturated heterocycles. The Balaban J connectivity index is 4.02. The highest BCUT2D eigenvalue weighted by Gasteiger charge is 2.27. The van der Waals surface area contributed by atoms with Gasteiger partial charge < -0.3 is 15.5 Å². The molecule has 13 heavy (non-hydrogen) atoms. The highest BCUT2D eigenvalue weighted by atomic mass is 31.2. The fourth-order valence-corrected chi connectivity index (χ4v) is 1.93. The first-order valence-corrected chi connectivity index (χ1v) is 6.28. The summed E-state index contributed by atoms with van der Waals surface area (Å²) in [6, 6.07) is 0. The Hall–Kier alpha value is 0.220. The molecular formula is C3H11NO7P2. The van der Waals surface area contributed by atoms with Gasteiger partial charge in [-0.3, -0.25) is 18.1 Å². The van der Waals surface area contributed by atoms with Gasteiger partial charge >= 0.3 is 15.4 Å². The van der Waals surface area contributed by atoms with Gasteiger partial charge in [0.15, 0.2) is 6.35 Å². The van der Waals surface area contributed by atoms with Crippen LogP contribution in [0.4, 0.5) is 0 Å². The Morgan fingerprint density at radius 3 is 2.23 bits per heavy atom. The SMILES string of the molecule is COP(=O)(O)OCP(=O)(O)OCN. The number of hydrogen-bond donors (Lipinski definition) is 3. The first-order valence-electron chi connectivity index (χ1n) is 3.02. The van der Waals surface area contributed by atoms with Gasteiger partial charge in [-0.2, -0.15) is 0 Å². The van der Waals surface area contributed by atoms with Gasteiger partial charge in [0, 0.05) is 7.11 Å². The van der Waals surface area contributed by atoms with Gasteiger partial charge in [-0.05, 0) is 0 Å². The van der Waals surface area contributed by atoms with E-state index in [1.807, 2.05) is 0 Å². The molecule has 0 aliphatic carbocycles. The van der Waals surface area contributed by atoms with Crippen molar-refractivity contribution in [2.75, 3.05) is 20.2 Å². The molecule has 2 unspecified atom stereocenters. The Bertz CT molecular complexity index is 242. The first kappa shape index (κ1) is 13.2. The van der Waals surface area contributed by atoms with Gasteiger partial charge in [0.05, 0.1) is 0 Å². The summed E-state index contributed by atoms with van der Waals surface area (Å²) in [5.74, 6) is 0. The van der Waals surface area contributed by atoms with Crippen LogP contribution in [-0.4, -0.2) is 30.0 Å². The summed E-state index contributed by atoms with van der Waals surface area (Å²) in [5.41, 5.74) is 4.81. The van der Waals surface area contributed by atoms with Crippen LogP contribution in [-0.2, 0) is 22.7 Å². The van der Waals surface area contributed by atoms with Gasteiger partial charge in [-0.15, -0.1) is 0 Å². The molecule has 0 aromatic rings. The van der Waals surface area contributed by atoms with Crippen molar-refractivity contribution in [3.63, 3.8) is 0 Å². The smallest absolute Gasteiger partial charge is 0.323 e. The second-order valence-electron chi connectivity index (χ2n) is 1.84. The summed E-state index contributed by atoms with van der Waals surface area (Å²) in [7, 11) is -7.38. The minimum absolute atomic E-state index is 0.486. The fourth-order valence-electron chi connectivity index (χ4n) is 0.352. The van der Waals surface area contributed by atoms with Gasteiger partial charge in [-0.1, -0.05) is 0 Å². The maximum atomic E-state index is 10.8. The predicted molar refractivity (Wildman–Crippen MR) is 42.8 cm³/mol. The van der Waals surface area contributed by atoms with Crippen molar-refractivity contribution in [2.24, 2.45) is 5.73 Å². The Kier molecular flexibility index (Phi) is 5.28. The molecular weight excluding hydrogens is 224 g/mol. The molecule has 0 aromatic carbocycles. The van der Waals surface area contributed by atoms with Crippen LogP contribution in [0.15, 0.2) is 0 Å². The van der Waals surface area contributed by atoms with Crippen molar-refractivity contribution in [2.45, 2.75) is 0 Å². The zero-order valence-corrected chi connectivity index (χ0v) is 8.61. The maximum Gasteiger partial charge on any atom is 0.472 e. The molecule has 80 valence electrons. The van der Waals surface area contributed by atoms with E-state index in [2.05, 4.69) is 13.6 Å². The number of phosphoric ester groups is 1. The number of hydrogen-bond acceptors (Lipinski definition) is 6. The van der Waals surface area contributed by atoms with Crippen LogP contribution in [0.25, 0.3) is 0 Å². The van der Waals surface area contributed by atoms with Crippen molar-refractivity contribution in [3.05, 3.63) is 0 Å². The summed E-state index contributed by atoms with van der Waals surface area (Å²) in [4.78, 5) is 17.5. The molecule has 0 aliphatic rings. The normalized spacial score (nSPS) is 20.6. The average Bonchev–Trinajstić information content (AvgIpc) is 2.02. The van der Waals surface area contributed by atoms with Crippen LogP contribution >= 0.6 is 15.4 Å². The number of nitrogens with two attached hydrogens (primary N) is 1. The maximum absolute atomic E-state index is 10.8. The minimum atomic E-state index is -4.25. The van der Waals surface area contributed by atoms with Crippen LogP contribution in [0.3, 0.4) is 0 Å². The second kappa shape index (κ2) is 5.19. The predicted octanol–water partition coefficient (Wildman–Crippen LogP) is -0.175. The van der Waals surface area contributed by atoms with E-state index in [4.69, 9.17) is 15.5 Å². The van der Waals surface area contributed by atoms with E-state index < -0.39 is 28.5 Å². The molecule has 0 aromatic heterocycles. The topological polar surface area (TPSA) is 128 Å². The van der Waals surface area contributed by atoms with E-state index in [1.54, 1.807) is 0 Å². The molecule has 0 fully saturated rings. The molecule has 0 radical (unpaired) electrons. The Labute approximate surface area is 74.8 Å². The van der Waals surface area contributed by atoms with Gasteiger partial charge in [0.25, 0.3) is 0 Å². The summed E-state index contributed by atoms with van der Waals surface area (Å²) in [6.45, 7) is -0.486. The molecule has 0 amide bonds. The third kappa shape index (κ3) is 6.31. The molecule has 0 bridgehead atoms. The lowest BCUT2D eigenvalue weighted by Crippen LogP contribution is -2.06. The van der Waals surface area contributed by atoms with Gasteiger partial charge in [0.1, 0.15) is 6.73 Å². The first-order chi connectivity index (χ1) is 5.83. The molecule has 0 saturated carbocycles. The lowest BCUT2D eigenvalue weighted by molar-refractivity contribution is 0.173. The zero-order valence-electron chi connectivity index (χ0n) is 6.82. The quantitative estimate of drug-likeness (QED) is 0.427. The van der Waals surface area contributed by atoms with E-state index in [9.17, 15) is 9.13 Å². The third-order valence-electron chi connectivity index (χ3n) is 0.891. The van der Waals surface area contributed by atoms with Gasteiger partial charge in [-0.25, -0.2) is 4.57 Å². The molecule has 0 aliphatic heterocycles. The highest BCUT2D eigenvalue weighted by Crippen LogP contribution is 2.50. The average molecular weight is 235 g/mol. The van der Waals surface area contributed by atoms with Crippen LogP contribution in [0, 0.1) is 0 Å². The van der Waals surface area contributed by atoms with E-state index >= 15 is 0 Å². The molecule has 4 N–H and O–H groups in total. The van der Waals surface area contributed by atoms with Crippen LogP contribution in [0.1, 0.15) is 0 Å². The molecule has 0 rings (SSSR count). The monoisotopic (exact) mass is 235 g/mol. The molecule has 0 heterocycles. The molecule has 0 spiro atoms. The summed E-state index contributed by atoms with van der Waals surface area (Å²) in [5, 5.41) is 0. The third-order valence-corrected chi connectivity index (χ3v) is 3.02. The van der Waals surface area contributed by atoms with Crippen LogP contribution in [0.2, 0.25) is 0 Å². The second-order valence-corrected chi connectivity index (χ2v) is 5.19. The number of rotatable bonds is 6. The standard InChI is InChI=1S/C3H11NO7P2/c1-9-13(7,8)11-3-12(5,6)10-2-4/h2-4H2,1H3,(H,5,6)(H,7,8). The molecule has 2 atom stereocenters. The van der Waals surface area contributed by atoms with Crippen LogP contribution in [0.5, 0.6) is 0 Å². The summed E-state index contributed by atoms with van der Waals surface area (Å²) in [6.07, 6.45) is -0.953. The largest absolute Gasteiger partial charge is 0.472 e. The van der Waals surface area contributed by atoms with Crippen molar-refractivity contribution in [1.29, 1.82) is 0 Å². The van der Waals surface area contributed by atoms with Gasteiger partial charge in [0.2, 0.25) is 0 Å². The van der Waals surface area contributed by atoms with Crippen molar-refractivity contribution in [1.82, 2.24) is 0 Å². The minimum Gasteiger partial charge on any atom is -0.323 e. The van der Waals surface area contributed by atoms with Crippen molar-refractivity contribution < 1.29 is 32.5 Å². The highest BCUT2D eigenvalue weighted by molar-refractivity contribution is 7.54. The summed E-state index contributed by atoms with van der Waals surface area (Å²) >= 11 is 0. The van der Waals surface area contributed by atoms with E-state index in [-0.39, 0.29) is 0 Å². The lowest BCUT2D eigenvalue weighted by atomic mass is 11.4. The Morgan fingerprint density at radius 2 is 1.85 bits per heavy atom. The van der Waals surface area contributed by atoms with E-state index in [0.29, 0.717) is 0 Å². The molecule has 8 nitrogen and oxygen atoms in total. The van der Waals surface area contributed by atoms with E-state index in [1.165, 1.54) is 0 Å². The Morgan fingerprint density at radius 1 is 1.31 bits per heavy atom. The lowest BCUT2D eigenvalue weighted by Gasteiger charge is -2.12. The van der Waals surface area contributed by atoms with Crippen molar-refractivity contribution in [3.8, 4) is 0 Å².